The van der Waals surface area contributed by atoms with Crippen LogP contribution in [0.5, 0.6) is 0 Å². The highest BCUT2D eigenvalue weighted by Gasteiger charge is 2.18. The third-order valence-electron chi connectivity index (χ3n) is 2.66. The Bertz CT molecular complexity index is 264. The van der Waals surface area contributed by atoms with E-state index in [4.69, 9.17) is 4.74 Å². The van der Waals surface area contributed by atoms with Gasteiger partial charge < -0.3 is 15.4 Å². The standard InChI is InChI=1S/C15H32N2O2/c1-8-12(11-16-10-9-14(2,3)4)17-13(18)19-15(5,6)7/h12,16H,8-11H2,1-7H3,(H,17,18). The summed E-state index contributed by atoms with van der Waals surface area (Å²) < 4.78 is 5.25. The number of hydrogen-bond donors (Lipinski definition) is 2. The van der Waals surface area contributed by atoms with E-state index in [1.54, 1.807) is 0 Å². The minimum absolute atomic E-state index is 0.120. The van der Waals surface area contributed by atoms with Gasteiger partial charge in [0.25, 0.3) is 0 Å². The lowest BCUT2D eigenvalue weighted by Gasteiger charge is -2.24. The molecule has 0 aromatic heterocycles. The van der Waals surface area contributed by atoms with Gasteiger partial charge in [-0.3, -0.25) is 0 Å². The van der Waals surface area contributed by atoms with E-state index in [1.807, 2.05) is 20.8 Å². The summed E-state index contributed by atoms with van der Waals surface area (Å²) in [5, 5.41) is 6.29. The van der Waals surface area contributed by atoms with Crippen molar-refractivity contribution in [2.24, 2.45) is 5.41 Å². The van der Waals surface area contributed by atoms with Crippen LogP contribution < -0.4 is 10.6 Å². The Morgan fingerprint density at radius 3 is 2.16 bits per heavy atom. The minimum atomic E-state index is -0.442. The Balaban J connectivity index is 3.92. The van der Waals surface area contributed by atoms with Crippen molar-refractivity contribution in [3.8, 4) is 0 Å². The van der Waals surface area contributed by atoms with E-state index < -0.39 is 5.60 Å². The SMILES string of the molecule is CCC(CNCCC(C)(C)C)NC(=O)OC(C)(C)C. The fourth-order valence-electron chi connectivity index (χ4n) is 1.51. The molecule has 0 aromatic rings. The van der Waals surface area contributed by atoms with Gasteiger partial charge in [0.1, 0.15) is 5.60 Å². The molecule has 4 nitrogen and oxygen atoms in total. The van der Waals surface area contributed by atoms with Gasteiger partial charge in [0.2, 0.25) is 0 Å². The number of hydrogen-bond acceptors (Lipinski definition) is 3. The molecule has 2 N–H and O–H groups in total. The first-order valence-corrected chi connectivity index (χ1v) is 7.24. The van der Waals surface area contributed by atoms with E-state index >= 15 is 0 Å². The van der Waals surface area contributed by atoms with Crippen molar-refractivity contribution in [1.29, 1.82) is 0 Å². The highest BCUT2D eigenvalue weighted by Crippen LogP contribution is 2.16. The van der Waals surface area contributed by atoms with Crippen molar-refractivity contribution in [2.45, 2.75) is 73.0 Å². The van der Waals surface area contributed by atoms with Crippen molar-refractivity contribution in [2.75, 3.05) is 13.1 Å². The molecule has 0 aliphatic rings. The highest BCUT2D eigenvalue weighted by atomic mass is 16.6. The van der Waals surface area contributed by atoms with Crippen LogP contribution in [0.25, 0.3) is 0 Å². The summed E-state index contributed by atoms with van der Waals surface area (Å²) in [6.45, 7) is 16.1. The van der Waals surface area contributed by atoms with Crippen molar-refractivity contribution >= 4 is 6.09 Å². The van der Waals surface area contributed by atoms with E-state index in [0.717, 1.165) is 25.9 Å². The fourth-order valence-corrected chi connectivity index (χ4v) is 1.51. The van der Waals surface area contributed by atoms with Gasteiger partial charge in [0.15, 0.2) is 0 Å². The Hall–Kier alpha value is -0.770. The van der Waals surface area contributed by atoms with Crippen LogP contribution in [0, 0.1) is 5.41 Å². The Morgan fingerprint density at radius 2 is 1.74 bits per heavy atom. The molecule has 1 amide bonds. The minimum Gasteiger partial charge on any atom is -0.444 e. The summed E-state index contributed by atoms with van der Waals surface area (Å²) >= 11 is 0. The Morgan fingerprint density at radius 1 is 1.16 bits per heavy atom. The molecule has 0 radical (unpaired) electrons. The molecule has 0 spiro atoms. The molecule has 0 aromatic carbocycles. The van der Waals surface area contributed by atoms with Crippen molar-refractivity contribution < 1.29 is 9.53 Å². The monoisotopic (exact) mass is 272 g/mol. The number of rotatable bonds is 6. The number of carbonyl (C=O) groups is 1. The molecule has 0 rings (SSSR count). The second-order valence-electron chi connectivity index (χ2n) is 7.27. The Kier molecular flexibility index (Phi) is 7.42. The molecular weight excluding hydrogens is 240 g/mol. The Labute approximate surface area is 118 Å². The van der Waals surface area contributed by atoms with E-state index in [2.05, 4.69) is 38.3 Å². The van der Waals surface area contributed by atoms with Gasteiger partial charge in [0.05, 0.1) is 0 Å². The van der Waals surface area contributed by atoms with Crippen molar-refractivity contribution in [3.63, 3.8) is 0 Å². The highest BCUT2D eigenvalue weighted by molar-refractivity contribution is 5.68. The van der Waals surface area contributed by atoms with Crippen LogP contribution >= 0.6 is 0 Å². The molecule has 0 saturated carbocycles. The largest absolute Gasteiger partial charge is 0.444 e. The summed E-state index contributed by atoms with van der Waals surface area (Å²) in [5.74, 6) is 0. The van der Waals surface area contributed by atoms with E-state index in [-0.39, 0.29) is 12.1 Å². The number of nitrogens with one attached hydrogen (secondary N) is 2. The first kappa shape index (κ1) is 18.2. The smallest absolute Gasteiger partial charge is 0.407 e. The molecule has 19 heavy (non-hydrogen) atoms. The van der Waals surface area contributed by atoms with Crippen molar-refractivity contribution in [1.82, 2.24) is 10.6 Å². The maximum Gasteiger partial charge on any atom is 0.407 e. The van der Waals surface area contributed by atoms with Crippen LogP contribution in [0.4, 0.5) is 4.79 Å². The van der Waals surface area contributed by atoms with Gasteiger partial charge in [-0.1, -0.05) is 27.7 Å². The normalized spacial score (nSPS) is 14.1. The summed E-state index contributed by atoms with van der Waals surface area (Å²) in [6.07, 6.45) is 1.68. The lowest BCUT2D eigenvalue weighted by atomic mass is 9.92. The number of carbonyl (C=O) groups excluding carboxylic acids is 1. The van der Waals surface area contributed by atoms with Crippen LogP contribution in [0.1, 0.15) is 61.3 Å². The zero-order chi connectivity index (χ0) is 15.1. The van der Waals surface area contributed by atoms with Crippen LogP contribution in [0.2, 0.25) is 0 Å². The molecule has 0 aliphatic heterocycles. The second-order valence-corrected chi connectivity index (χ2v) is 7.27. The molecule has 0 saturated heterocycles. The lowest BCUT2D eigenvalue weighted by Crippen LogP contribution is -2.44. The average Bonchev–Trinajstić information content (AvgIpc) is 2.18. The molecule has 0 heterocycles. The summed E-state index contributed by atoms with van der Waals surface area (Å²) in [5.41, 5.74) is -0.102. The maximum absolute atomic E-state index is 11.7. The van der Waals surface area contributed by atoms with Gasteiger partial charge in [0, 0.05) is 12.6 Å². The topological polar surface area (TPSA) is 50.4 Å². The van der Waals surface area contributed by atoms with Gasteiger partial charge in [-0.05, 0) is 45.6 Å². The molecule has 1 unspecified atom stereocenters. The van der Waals surface area contributed by atoms with Gasteiger partial charge >= 0.3 is 6.09 Å². The van der Waals surface area contributed by atoms with Crippen molar-refractivity contribution in [3.05, 3.63) is 0 Å². The van der Waals surface area contributed by atoms with Gasteiger partial charge in [-0.15, -0.1) is 0 Å². The quantitative estimate of drug-likeness (QED) is 0.729. The summed E-state index contributed by atoms with van der Waals surface area (Å²) in [6, 6.07) is 0.120. The third-order valence-corrected chi connectivity index (χ3v) is 2.66. The molecule has 4 heteroatoms. The first-order valence-electron chi connectivity index (χ1n) is 7.24. The lowest BCUT2D eigenvalue weighted by molar-refractivity contribution is 0.0502. The first-order chi connectivity index (χ1) is 8.53. The molecule has 1 atom stereocenters. The van der Waals surface area contributed by atoms with Crippen LogP contribution in [0.3, 0.4) is 0 Å². The van der Waals surface area contributed by atoms with E-state index in [9.17, 15) is 4.79 Å². The van der Waals surface area contributed by atoms with E-state index in [1.165, 1.54) is 0 Å². The predicted octanol–water partition coefficient (Wildman–Crippen LogP) is 3.32. The molecule has 0 aliphatic carbocycles. The van der Waals surface area contributed by atoms with Crippen LogP contribution in [0.15, 0.2) is 0 Å². The van der Waals surface area contributed by atoms with Gasteiger partial charge in [-0.2, -0.15) is 0 Å². The summed E-state index contributed by atoms with van der Waals surface area (Å²) in [7, 11) is 0. The van der Waals surface area contributed by atoms with Gasteiger partial charge in [-0.25, -0.2) is 4.79 Å². The third kappa shape index (κ3) is 12.0. The van der Waals surface area contributed by atoms with Crippen LogP contribution in [-0.4, -0.2) is 30.8 Å². The fraction of sp³-hybridized carbons (Fsp3) is 0.933. The zero-order valence-corrected chi connectivity index (χ0v) is 13.7. The molecule has 0 fully saturated rings. The average molecular weight is 272 g/mol. The maximum atomic E-state index is 11.7. The number of amides is 1. The molecule has 114 valence electrons. The molecular formula is C15H32N2O2. The van der Waals surface area contributed by atoms with Crippen LogP contribution in [-0.2, 0) is 4.74 Å². The second kappa shape index (κ2) is 7.73. The van der Waals surface area contributed by atoms with E-state index in [0.29, 0.717) is 5.41 Å². The summed E-state index contributed by atoms with van der Waals surface area (Å²) in [4.78, 5) is 11.7. The zero-order valence-electron chi connectivity index (χ0n) is 13.7. The number of alkyl carbamates (subject to hydrolysis) is 1. The number of ether oxygens (including phenoxy) is 1. The predicted molar refractivity (Wildman–Crippen MR) is 80.4 cm³/mol. The molecule has 0 bridgehead atoms.